The fraction of sp³-hybridized carbons (Fsp3) is 0.0417. The SMILES string of the molecule is COc1ccc(-c2ccc(-c3ccc(-c4ccc(-c5ccc(C=O)s5)s4)c4nsnc34)s2)s1. The zero-order valence-corrected chi connectivity index (χ0v) is 21.2. The number of carbonyl (C=O) groups excluding carboxylic acids is 1. The lowest BCUT2D eigenvalue weighted by molar-refractivity contribution is 0.112. The van der Waals surface area contributed by atoms with Gasteiger partial charge in [0.05, 0.1) is 23.7 Å². The van der Waals surface area contributed by atoms with Gasteiger partial charge in [-0.25, -0.2) is 0 Å². The highest BCUT2D eigenvalue weighted by molar-refractivity contribution is 7.25. The smallest absolute Gasteiger partial charge is 0.173 e. The van der Waals surface area contributed by atoms with Crippen LogP contribution >= 0.6 is 57.1 Å². The van der Waals surface area contributed by atoms with E-state index in [1.807, 2.05) is 18.2 Å². The first kappa shape index (κ1) is 20.9. The molecule has 0 saturated heterocycles. The van der Waals surface area contributed by atoms with E-state index in [1.54, 1.807) is 41.1 Å². The summed E-state index contributed by atoms with van der Waals surface area (Å²) in [5, 5.41) is 0.913. The normalized spacial score (nSPS) is 11.3. The van der Waals surface area contributed by atoms with Crippen LogP contribution in [0.2, 0.25) is 0 Å². The molecular weight excluding hydrogens is 509 g/mol. The number of hydrogen-bond acceptors (Lipinski definition) is 9. The molecule has 0 aliphatic carbocycles. The van der Waals surface area contributed by atoms with Gasteiger partial charge >= 0.3 is 0 Å². The minimum Gasteiger partial charge on any atom is -0.487 e. The lowest BCUT2D eigenvalue weighted by atomic mass is 10.1. The number of benzene rings is 1. The van der Waals surface area contributed by atoms with Crippen LogP contribution in [0.25, 0.3) is 51.4 Å². The first-order valence-corrected chi connectivity index (χ1v) is 13.9. The molecule has 0 spiro atoms. The van der Waals surface area contributed by atoms with Gasteiger partial charge in [-0.3, -0.25) is 4.79 Å². The average Bonchev–Trinajstić information content (AvgIpc) is 3.68. The van der Waals surface area contributed by atoms with Gasteiger partial charge in [0.2, 0.25) is 0 Å². The third-order valence-electron chi connectivity index (χ3n) is 5.17. The van der Waals surface area contributed by atoms with Crippen molar-refractivity contribution in [3.05, 3.63) is 65.5 Å². The summed E-state index contributed by atoms with van der Waals surface area (Å²) in [4.78, 5) is 18.8. The van der Waals surface area contributed by atoms with E-state index in [2.05, 4.69) is 51.2 Å². The summed E-state index contributed by atoms with van der Waals surface area (Å²) < 4.78 is 14.6. The van der Waals surface area contributed by atoms with Crippen molar-refractivity contribution in [2.24, 2.45) is 0 Å². The van der Waals surface area contributed by atoms with Crippen molar-refractivity contribution < 1.29 is 9.53 Å². The van der Waals surface area contributed by atoms with E-state index in [1.165, 1.54) is 37.7 Å². The first-order chi connectivity index (χ1) is 16.2. The van der Waals surface area contributed by atoms with Crippen LogP contribution in [0.5, 0.6) is 5.06 Å². The molecule has 0 fully saturated rings. The van der Waals surface area contributed by atoms with Crippen LogP contribution in [0, 0.1) is 0 Å². The lowest BCUT2D eigenvalue weighted by Crippen LogP contribution is -1.81. The maximum absolute atomic E-state index is 11.0. The van der Waals surface area contributed by atoms with Crippen LogP contribution in [-0.4, -0.2) is 22.1 Å². The number of rotatable bonds is 6. The van der Waals surface area contributed by atoms with E-state index in [0.717, 1.165) is 53.0 Å². The molecule has 0 bridgehead atoms. The van der Waals surface area contributed by atoms with Gasteiger partial charge in [-0.1, -0.05) is 23.5 Å². The molecule has 0 N–H and O–H groups in total. The van der Waals surface area contributed by atoms with Gasteiger partial charge in [0, 0.05) is 40.4 Å². The maximum Gasteiger partial charge on any atom is 0.173 e. The van der Waals surface area contributed by atoms with E-state index >= 15 is 0 Å². The summed E-state index contributed by atoms with van der Waals surface area (Å²) in [6.45, 7) is 0. The van der Waals surface area contributed by atoms with Crippen molar-refractivity contribution in [1.29, 1.82) is 0 Å². The third-order valence-corrected chi connectivity index (χ3v) is 10.4. The molecule has 0 atom stereocenters. The molecule has 5 heterocycles. The van der Waals surface area contributed by atoms with Gasteiger partial charge in [-0.15, -0.1) is 34.0 Å². The molecule has 1 aromatic carbocycles. The number of thiophene rings is 4. The molecule has 0 radical (unpaired) electrons. The summed E-state index contributed by atoms with van der Waals surface area (Å²) in [6.07, 6.45) is 0.900. The van der Waals surface area contributed by atoms with Crippen molar-refractivity contribution in [1.82, 2.24) is 8.75 Å². The summed E-state index contributed by atoms with van der Waals surface area (Å²) in [5.41, 5.74) is 4.06. The highest BCUT2D eigenvalue weighted by atomic mass is 32.1. The Bertz CT molecular complexity index is 1600. The van der Waals surface area contributed by atoms with Crippen molar-refractivity contribution in [2.75, 3.05) is 7.11 Å². The predicted octanol–water partition coefficient (Wildman–Crippen LogP) is 8.43. The number of fused-ring (bicyclic) bond motifs is 1. The molecule has 0 aliphatic rings. The van der Waals surface area contributed by atoms with Crippen LogP contribution in [0.15, 0.2) is 60.7 Å². The maximum atomic E-state index is 11.0. The highest BCUT2D eigenvalue weighted by Crippen LogP contribution is 2.44. The minimum absolute atomic E-state index is 0.742. The van der Waals surface area contributed by atoms with Crippen LogP contribution < -0.4 is 4.74 Å². The zero-order valence-electron chi connectivity index (χ0n) is 17.1. The molecule has 0 saturated carbocycles. The summed E-state index contributed by atoms with van der Waals surface area (Å²) >= 11 is 7.88. The van der Waals surface area contributed by atoms with E-state index in [-0.39, 0.29) is 0 Å². The topological polar surface area (TPSA) is 52.1 Å². The predicted molar refractivity (Wildman–Crippen MR) is 143 cm³/mol. The fourth-order valence-corrected chi connectivity index (χ4v) is 8.07. The summed E-state index contributed by atoms with van der Waals surface area (Å²) in [7, 11) is 1.70. The fourth-order valence-electron chi connectivity index (χ4n) is 3.61. The van der Waals surface area contributed by atoms with Crippen LogP contribution in [0.4, 0.5) is 0 Å². The molecule has 33 heavy (non-hydrogen) atoms. The summed E-state index contributed by atoms with van der Waals surface area (Å²) in [5.74, 6) is 0. The molecular formula is C24H14N2O2S5. The van der Waals surface area contributed by atoms with Crippen molar-refractivity contribution in [3.8, 4) is 45.5 Å². The summed E-state index contributed by atoms with van der Waals surface area (Å²) in [6, 6.07) is 20.8. The van der Waals surface area contributed by atoms with Gasteiger partial charge in [-0.05, 0) is 48.5 Å². The Morgan fingerprint density at radius 1 is 0.636 bits per heavy atom. The van der Waals surface area contributed by atoms with Crippen LogP contribution in [-0.2, 0) is 0 Å². The van der Waals surface area contributed by atoms with Crippen molar-refractivity contribution in [3.63, 3.8) is 0 Å². The Morgan fingerprint density at radius 3 is 1.70 bits per heavy atom. The Balaban J connectivity index is 1.37. The van der Waals surface area contributed by atoms with Crippen molar-refractivity contribution >= 4 is 74.4 Å². The van der Waals surface area contributed by atoms with Gasteiger partial charge in [0.1, 0.15) is 11.0 Å². The van der Waals surface area contributed by atoms with Gasteiger partial charge in [0.25, 0.3) is 0 Å². The monoisotopic (exact) mass is 522 g/mol. The highest BCUT2D eigenvalue weighted by Gasteiger charge is 2.17. The van der Waals surface area contributed by atoms with Gasteiger partial charge in [-0.2, -0.15) is 8.75 Å². The Hall–Kier alpha value is -2.69. The molecule has 6 rings (SSSR count). The number of aldehydes is 1. The Morgan fingerprint density at radius 2 is 1.15 bits per heavy atom. The largest absolute Gasteiger partial charge is 0.487 e. The quantitative estimate of drug-likeness (QED) is 0.206. The second kappa shape index (κ2) is 8.58. The van der Waals surface area contributed by atoms with Gasteiger partial charge in [0.15, 0.2) is 11.3 Å². The molecule has 5 aromatic heterocycles. The standard InChI is InChI=1S/C24H14N2O2S5/c1-28-22-11-10-21(32-22)20-9-7-17(31-20)15-4-3-14(23-24(15)26-33-25-23)16-6-8-19(30-16)18-5-2-13(12-27)29-18/h2-12H,1H3. The zero-order chi connectivity index (χ0) is 22.4. The third kappa shape index (κ3) is 3.75. The van der Waals surface area contributed by atoms with E-state index in [0.29, 0.717) is 0 Å². The molecule has 0 amide bonds. The van der Waals surface area contributed by atoms with E-state index in [9.17, 15) is 4.79 Å². The minimum atomic E-state index is 0.742. The number of carbonyl (C=O) groups is 1. The molecule has 0 aliphatic heterocycles. The molecule has 162 valence electrons. The van der Waals surface area contributed by atoms with Gasteiger partial charge < -0.3 is 4.74 Å². The van der Waals surface area contributed by atoms with Crippen LogP contribution in [0.1, 0.15) is 9.67 Å². The van der Waals surface area contributed by atoms with Crippen LogP contribution in [0.3, 0.4) is 0 Å². The average molecular weight is 523 g/mol. The molecule has 6 aromatic rings. The molecule has 9 heteroatoms. The number of ether oxygens (including phenoxy) is 1. The molecule has 0 unspecified atom stereocenters. The van der Waals surface area contributed by atoms with Crippen molar-refractivity contribution in [2.45, 2.75) is 0 Å². The molecule has 4 nitrogen and oxygen atoms in total. The number of aromatic nitrogens is 2. The number of hydrogen-bond donors (Lipinski definition) is 0. The Labute approximate surface area is 209 Å². The second-order valence-corrected chi connectivity index (χ2v) is 12.0. The second-order valence-electron chi connectivity index (χ2n) is 7.09. The first-order valence-electron chi connectivity index (χ1n) is 9.89. The van der Waals surface area contributed by atoms with E-state index < -0.39 is 0 Å². The number of methoxy groups -OCH3 is 1. The Kier molecular flexibility index (Phi) is 5.43. The van der Waals surface area contributed by atoms with E-state index in [4.69, 9.17) is 4.74 Å². The lowest BCUT2D eigenvalue weighted by Gasteiger charge is -2.03. The number of nitrogens with zero attached hydrogens (tertiary/aromatic N) is 2.